The Bertz CT molecular complexity index is 1020. The third-order valence-corrected chi connectivity index (χ3v) is 7.37. The second-order valence-electron chi connectivity index (χ2n) is 7.05. The van der Waals surface area contributed by atoms with Gasteiger partial charge in [0.25, 0.3) is 5.56 Å². The van der Waals surface area contributed by atoms with Gasteiger partial charge in [0, 0.05) is 38.2 Å². The summed E-state index contributed by atoms with van der Waals surface area (Å²) in [6.07, 6.45) is 1.79. The smallest absolute Gasteiger partial charge is 0.255 e. The van der Waals surface area contributed by atoms with Crippen molar-refractivity contribution >= 4 is 16.0 Å². The number of hydrogen-bond donors (Lipinski definition) is 1. The number of anilines is 1. The molecule has 2 aliphatic rings. The molecule has 0 spiro atoms. The molecule has 1 aromatic heterocycles. The summed E-state index contributed by atoms with van der Waals surface area (Å²) in [5.74, 6) is 0.658. The highest BCUT2D eigenvalue weighted by Gasteiger charge is 2.26. The predicted molar refractivity (Wildman–Crippen MR) is 104 cm³/mol. The van der Waals surface area contributed by atoms with Crippen LogP contribution in [-0.2, 0) is 35.8 Å². The highest BCUT2D eigenvalue weighted by Crippen LogP contribution is 2.22. The molecule has 27 heavy (non-hydrogen) atoms. The molecule has 1 aromatic carbocycles. The number of aromatic nitrogens is 2. The molecule has 0 amide bonds. The molecule has 0 atom stereocenters. The topological polar surface area (TPSA) is 86.4 Å². The van der Waals surface area contributed by atoms with Crippen LogP contribution in [0, 0.1) is 0 Å². The Morgan fingerprint density at radius 2 is 1.81 bits per heavy atom. The molecular weight excluding hydrogens is 364 g/mol. The molecule has 3 heterocycles. The van der Waals surface area contributed by atoms with E-state index in [4.69, 9.17) is 4.98 Å². The monoisotopic (exact) mass is 388 g/mol. The van der Waals surface area contributed by atoms with E-state index >= 15 is 0 Å². The van der Waals surface area contributed by atoms with E-state index in [-0.39, 0.29) is 11.3 Å². The van der Waals surface area contributed by atoms with E-state index in [1.54, 1.807) is 6.92 Å². The first-order valence-electron chi connectivity index (χ1n) is 9.39. The van der Waals surface area contributed by atoms with Crippen molar-refractivity contribution in [1.29, 1.82) is 0 Å². The Balaban J connectivity index is 1.61. The lowest BCUT2D eigenvalue weighted by atomic mass is 10.0. The maximum absolute atomic E-state index is 12.7. The number of nitrogens with one attached hydrogen (secondary N) is 1. The average molecular weight is 388 g/mol. The van der Waals surface area contributed by atoms with E-state index in [1.807, 2.05) is 12.1 Å². The first-order valence-corrected chi connectivity index (χ1v) is 11.0. The standard InChI is InChI=1S/C19H24N4O3S/c1-2-27(25,26)23-11-8-16-17(9-12-23)20-19(21-18(16)24)22-10-7-14-5-3-4-6-15(14)13-22/h3-6H,2,7-13H2,1H3,(H,20,21,24). The van der Waals surface area contributed by atoms with Crippen molar-refractivity contribution in [2.45, 2.75) is 32.7 Å². The van der Waals surface area contributed by atoms with Crippen LogP contribution in [0.3, 0.4) is 0 Å². The lowest BCUT2D eigenvalue weighted by Crippen LogP contribution is -2.34. The number of fused-ring (bicyclic) bond motifs is 2. The Morgan fingerprint density at radius 3 is 2.59 bits per heavy atom. The fourth-order valence-electron chi connectivity index (χ4n) is 3.86. The van der Waals surface area contributed by atoms with Gasteiger partial charge in [-0.15, -0.1) is 0 Å². The largest absolute Gasteiger partial charge is 0.338 e. The van der Waals surface area contributed by atoms with Crippen LogP contribution >= 0.6 is 0 Å². The van der Waals surface area contributed by atoms with Crippen LogP contribution in [0.4, 0.5) is 5.95 Å². The second kappa shape index (κ2) is 7.09. The van der Waals surface area contributed by atoms with Gasteiger partial charge in [-0.1, -0.05) is 24.3 Å². The number of aromatic amines is 1. The molecule has 4 rings (SSSR count). The number of sulfonamides is 1. The number of rotatable bonds is 3. The Kier molecular flexibility index (Phi) is 4.77. The Morgan fingerprint density at radius 1 is 1.07 bits per heavy atom. The first-order chi connectivity index (χ1) is 13.0. The minimum absolute atomic E-state index is 0.0750. The van der Waals surface area contributed by atoms with Gasteiger partial charge in [0.1, 0.15) is 0 Å². The summed E-state index contributed by atoms with van der Waals surface area (Å²) in [6, 6.07) is 8.32. The fraction of sp³-hybridized carbons (Fsp3) is 0.474. The van der Waals surface area contributed by atoms with Gasteiger partial charge < -0.3 is 4.90 Å². The van der Waals surface area contributed by atoms with Gasteiger partial charge in [0.15, 0.2) is 0 Å². The average Bonchev–Trinajstić information content (AvgIpc) is 2.91. The molecule has 144 valence electrons. The SMILES string of the molecule is CCS(=O)(=O)N1CCc2nc(N3CCc4ccccc4C3)[nH]c(=O)c2CC1. The molecule has 2 aliphatic heterocycles. The maximum Gasteiger partial charge on any atom is 0.255 e. The zero-order valence-corrected chi connectivity index (χ0v) is 16.3. The van der Waals surface area contributed by atoms with Crippen LogP contribution in [0.1, 0.15) is 29.3 Å². The molecule has 0 unspecified atom stereocenters. The molecule has 0 bridgehead atoms. The van der Waals surface area contributed by atoms with Crippen molar-refractivity contribution in [2.75, 3.05) is 30.3 Å². The van der Waals surface area contributed by atoms with Gasteiger partial charge in [-0.05, 0) is 30.9 Å². The normalized spacial score (nSPS) is 17.9. The third-order valence-electron chi connectivity index (χ3n) is 5.49. The highest BCUT2D eigenvalue weighted by atomic mass is 32.2. The van der Waals surface area contributed by atoms with E-state index in [2.05, 4.69) is 22.0 Å². The number of hydrogen-bond acceptors (Lipinski definition) is 5. The summed E-state index contributed by atoms with van der Waals surface area (Å²) < 4.78 is 25.8. The van der Waals surface area contributed by atoms with Gasteiger partial charge >= 0.3 is 0 Å². The van der Waals surface area contributed by atoms with Crippen molar-refractivity contribution in [3.8, 4) is 0 Å². The van der Waals surface area contributed by atoms with Crippen LogP contribution in [0.25, 0.3) is 0 Å². The summed E-state index contributed by atoms with van der Waals surface area (Å²) in [6.45, 7) is 3.88. The lowest BCUT2D eigenvalue weighted by molar-refractivity contribution is 0.427. The van der Waals surface area contributed by atoms with Crippen molar-refractivity contribution in [3.05, 3.63) is 57.0 Å². The molecule has 2 aromatic rings. The van der Waals surface area contributed by atoms with Crippen molar-refractivity contribution in [2.24, 2.45) is 0 Å². The number of benzene rings is 1. The van der Waals surface area contributed by atoms with Gasteiger partial charge in [0.2, 0.25) is 16.0 Å². The van der Waals surface area contributed by atoms with Gasteiger partial charge in [-0.25, -0.2) is 17.7 Å². The van der Waals surface area contributed by atoms with E-state index in [9.17, 15) is 13.2 Å². The summed E-state index contributed by atoms with van der Waals surface area (Å²) in [5.41, 5.74) is 3.78. The van der Waals surface area contributed by atoms with Crippen LogP contribution in [0.15, 0.2) is 29.1 Å². The quantitative estimate of drug-likeness (QED) is 0.850. The zero-order chi connectivity index (χ0) is 19.0. The molecule has 0 saturated heterocycles. The maximum atomic E-state index is 12.7. The van der Waals surface area contributed by atoms with Crippen LogP contribution < -0.4 is 10.5 Å². The van der Waals surface area contributed by atoms with Crippen LogP contribution in [0.2, 0.25) is 0 Å². The Labute approximate surface area is 159 Å². The minimum atomic E-state index is -3.26. The minimum Gasteiger partial charge on any atom is -0.338 e. The van der Waals surface area contributed by atoms with Crippen molar-refractivity contribution in [3.63, 3.8) is 0 Å². The molecular formula is C19H24N4O3S. The van der Waals surface area contributed by atoms with E-state index in [0.29, 0.717) is 44.0 Å². The summed E-state index contributed by atoms with van der Waals surface area (Å²) >= 11 is 0. The van der Waals surface area contributed by atoms with E-state index in [1.165, 1.54) is 15.4 Å². The molecule has 0 saturated carbocycles. The Hall–Kier alpha value is -2.19. The molecule has 0 radical (unpaired) electrons. The number of nitrogens with zero attached hydrogens (tertiary/aromatic N) is 3. The summed E-state index contributed by atoms with van der Waals surface area (Å²) in [5, 5.41) is 0. The van der Waals surface area contributed by atoms with Crippen LogP contribution in [-0.4, -0.2) is 48.1 Å². The lowest BCUT2D eigenvalue weighted by Gasteiger charge is -2.29. The van der Waals surface area contributed by atoms with Gasteiger partial charge in [-0.3, -0.25) is 9.78 Å². The van der Waals surface area contributed by atoms with Crippen LogP contribution in [0.5, 0.6) is 0 Å². The molecule has 0 aliphatic carbocycles. The fourth-order valence-corrected chi connectivity index (χ4v) is 4.97. The van der Waals surface area contributed by atoms with Gasteiger partial charge in [-0.2, -0.15) is 0 Å². The van der Waals surface area contributed by atoms with Crippen molar-refractivity contribution in [1.82, 2.24) is 14.3 Å². The zero-order valence-electron chi connectivity index (χ0n) is 15.4. The predicted octanol–water partition coefficient (Wildman–Crippen LogP) is 1.08. The van der Waals surface area contributed by atoms with E-state index < -0.39 is 10.0 Å². The second-order valence-corrected chi connectivity index (χ2v) is 9.31. The number of H-pyrrole nitrogens is 1. The highest BCUT2D eigenvalue weighted by molar-refractivity contribution is 7.89. The first kappa shape index (κ1) is 18.2. The molecule has 8 heteroatoms. The van der Waals surface area contributed by atoms with E-state index in [0.717, 1.165) is 18.7 Å². The molecule has 0 fully saturated rings. The molecule has 7 nitrogen and oxygen atoms in total. The third kappa shape index (κ3) is 3.51. The summed E-state index contributed by atoms with van der Waals surface area (Å²) in [7, 11) is -3.26. The van der Waals surface area contributed by atoms with Crippen molar-refractivity contribution < 1.29 is 8.42 Å². The summed E-state index contributed by atoms with van der Waals surface area (Å²) in [4.78, 5) is 22.4. The van der Waals surface area contributed by atoms with Gasteiger partial charge in [0.05, 0.1) is 11.4 Å². The molecule has 1 N–H and O–H groups in total.